The maximum atomic E-state index is 12.9. The van der Waals surface area contributed by atoms with E-state index in [0.29, 0.717) is 10.9 Å². The van der Waals surface area contributed by atoms with Crippen LogP contribution in [0.15, 0.2) is 36.5 Å². The SMILES string of the molecule is NC(Cc1ccnc2ccccc12)(C(=O)O)C(F)(F)F. The van der Waals surface area contributed by atoms with E-state index in [9.17, 15) is 18.0 Å². The Morgan fingerprint density at radius 2 is 1.90 bits per heavy atom. The van der Waals surface area contributed by atoms with Gasteiger partial charge in [-0.1, -0.05) is 18.2 Å². The molecule has 1 aromatic carbocycles. The van der Waals surface area contributed by atoms with Crippen molar-refractivity contribution in [2.24, 2.45) is 5.73 Å². The van der Waals surface area contributed by atoms with Crippen LogP contribution in [-0.2, 0) is 11.2 Å². The molecule has 1 atom stereocenters. The maximum absolute atomic E-state index is 12.9. The van der Waals surface area contributed by atoms with Crippen molar-refractivity contribution in [1.29, 1.82) is 0 Å². The molecule has 0 saturated heterocycles. The van der Waals surface area contributed by atoms with E-state index in [2.05, 4.69) is 4.98 Å². The first kappa shape index (κ1) is 14.3. The third kappa shape index (κ3) is 2.32. The van der Waals surface area contributed by atoms with Crippen molar-refractivity contribution >= 4 is 16.9 Å². The summed E-state index contributed by atoms with van der Waals surface area (Å²) in [5, 5.41) is 9.29. The number of carbonyl (C=O) groups is 1. The normalized spacial score (nSPS) is 15.0. The number of benzene rings is 1. The van der Waals surface area contributed by atoms with E-state index in [-0.39, 0.29) is 5.56 Å². The van der Waals surface area contributed by atoms with Gasteiger partial charge < -0.3 is 10.8 Å². The van der Waals surface area contributed by atoms with Crippen molar-refractivity contribution in [2.75, 3.05) is 0 Å². The minimum atomic E-state index is -5.05. The monoisotopic (exact) mass is 284 g/mol. The molecule has 3 N–H and O–H groups in total. The van der Waals surface area contributed by atoms with Gasteiger partial charge in [0.2, 0.25) is 5.54 Å². The summed E-state index contributed by atoms with van der Waals surface area (Å²) in [4.78, 5) is 15.0. The molecule has 1 aromatic heterocycles. The second-order valence-electron chi connectivity index (χ2n) is 4.44. The van der Waals surface area contributed by atoms with Gasteiger partial charge in [0.15, 0.2) is 0 Å². The number of alkyl halides is 3. The maximum Gasteiger partial charge on any atom is 0.417 e. The highest BCUT2D eigenvalue weighted by molar-refractivity contribution is 5.85. The van der Waals surface area contributed by atoms with Gasteiger partial charge in [-0.2, -0.15) is 13.2 Å². The van der Waals surface area contributed by atoms with Crippen LogP contribution in [0.1, 0.15) is 5.56 Å². The predicted molar refractivity (Wildman–Crippen MR) is 66.1 cm³/mol. The van der Waals surface area contributed by atoms with Crippen LogP contribution in [0, 0.1) is 0 Å². The molecule has 0 aliphatic carbocycles. The minimum Gasteiger partial charge on any atom is -0.480 e. The Morgan fingerprint density at radius 3 is 2.50 bits per heavy atom. The molecule has 4 nitrogen and oxygen atoms in total. The number of aliphatic carboxylic acids is 1. The zero-order valence-corrected chi connectivity index (χ0v) is 10.2. The zero-order chi connectivity index (χ0) is 15.0. The van der Waals surface area contributed by atoms with Crippen molar-refractivity contribution in [3.05, 3.63) is 42.1 Å². The van der Waals surface area contributed by atoms with Crippen LogP contribution in [0.4, 0.5) is 13.2 Å². The number of para-hydroxylation sites is 1. The highest BCUT2D eigenvalue weighted by atomic mass is 19.4. The van der Waals surface area contributed by atoms with E-state index in [0.717, 1.165) is 0 Å². The summed E-state index contributed by atoms with van der Waals surface area (Å²) >= 11 is 0. The van der Waals surface area contributed by atoms with E-state index < -0.39 is 24.1 Å². The van der Waals surface area contributed by atoms with Gasteiger partial charge in [-0.3, -0.25) is 4.98 Å². The lowest BCUT2D eigenvalue weighted by Crippen LogP contribution is -2.61. The molecule has 2 rings (SSSR count). The highest BCUT2D eigenvalue weighted by Gasteiger charge is 2.58. The summed E-state index contributed by atoms with van der Waals surface area (Å²) in [6.07, 6.45) is -4.58. The smallest absolute Gasteiger partial charge is 0.417 e. The van der Waals surface area contributed by atoms with Crippen molar-refractivity contribution in [1.82, 2.24) is 4.98 Å². The van der Waals surface area contributed by atoms with Gasteiger partial charge in [0, 0.05) is 18.0 Å². The molecule has 0 spiro atoms. The number of hydrogen-bond acceptors (Lipinski definition) is 3. The standard InChI is InChI=1S/C13H11F3N2O2/c14-13(15,16)12(17,11(19)20)7-8-5-6-18-10-4-2-1-3-9(8)10/h1-6H,7,17H2,(H,19,20). The van der Waals surface area contributed by atoms with E-state index in [4.69, 9.17) is 10.8 Å². The number of aromatic nitrogens is 1. The number of fused-ring (bicyclic) bond motifs is 1. The van der Waals surface area contributed by atoms with Crippen molar-refractivity contribution in [3.63, 3.8) is 0 Å². The average Bonchev–Trinajstić information content (AvgIpc) is 2.37. The van der Waals surface area contributed by atoms with Gasteiger partial charge in [-0.25, -0.2) is 4.79 Å². The summed E-state index contributed by atoms with van der Waals surface area (Å²) in [5.74, 6) is -2.11. The molecule has 1 unspecified atom stereocenters. The molecule has 0 aliphatic heterocycles. The molecule has 0 radical (unpaired) electrons. The first-order valence-corrected chi connectivity index (χ1v) is 5.67. The van der Waals surface area contributed by atoms with E-state index in [1.54, 1.807) is 24.3 Å². The molecule has 1 heterocycles. The lowest BCUT2D eigenvalue weighted by atomic mass is 9.89. The largest absolute Gasteiger partial charge is 0.480 e. The molecule has 0 aliphatic rings. The van der Waals surface area contributed by atoms with Crippen LogP contribution in [0.25, 0.3) is 10.9 Å². The van der Waals surface area contributed by atoms with Gasteiger partial charge in [0.1, 0.15) is 0 Å². The van der Waals surface area contributed by atoms with Gasteiger partial charge >= 0.3 is 12.1 Å². The number of nitrogens with two attached hydrogens (primary N) is 1. The van der Waals surface area contributed by atoms with Gasteiger partial charge in [-0.05, 0) is 17.7 Å². The number of hydrogen-bond donors (Lipinski definition) is 2. The van der Waals surface area contributed by atoms with Crippen LogP contribution >= 0.6 is 0 Å². The molecule has 0 amide bonds. The van der Waals surface area contributed by atoms with Crippen molar-refractivity contribution in [3.8, 4) is 0 Å². The summed E-state index contributed by atoms with van der Waals surface area (Å²) in [7, 11) is 0. The summed E-state index contributed by atoms with van der Waals surface area (Å²) in [6.45, 7) is 0. The third-order valence-corrected chi connectivity index (χ3v) is 3.10. The number of halogens is 3. The number of rotatable bonds is 3. The van der Waals surface area contributed by atoms with Gasteiger partial charge in [0.05, 0.1) is 5.52 Å². The Balaban J connectivity index is 2.53. The summed E-state index contributed by atoms with van der Waals surface area (Å²) in [5.41, 5.74) is 2.45. The molecule has 106 valence electrons. The Bertz CT molecular complexity index is 652. The molecular formula is C13H11F3N2O2. The third-order valence-electron chi connectivity index (χ3n) is 3.10. The van der Waals surface area contributed by atoms with Crippen molar-refractivity contribution < 1.29 is 23.1 Å². The van der Waals surface area contributed by atoms with Gasteiger partial charge in [0.25, 0.3) is 0 Å². The van der Waals surface area contributed by atoms with E-state index in [1.807, 2.05) is 0 Å². The fourth-order valence-electron chi connectivity index (χ4n) is 1.91. The first-order chi connectivity index (χ1) is 9.25. The van der Waals surface area contributed by atoms with E-state index >= 15 is 0 Å². The quantitative estimate of drug-likeness (QED) is 0.905. The van der Waals surface area contributed by atoms with Crippen LogP contribution in [0.3, 0.4) is 0 Å². The highest BCUT2D eigenvalue weighted by Crippen LogP contribution is 2.33. The van der Waals surface area contributed by atoms with Crippen LogP contribution in [0.5, 0.6) is 0 Å². The van der Waals surface area contributed by atoms with Crippen LogP contribution in [0.2, 0.25) is 0 Å². The Morgan fingerprint density at radius 1 is 1.25 bits per heavy atom. The predicted octanol–water partition coefficient (Wildman–Crippen LogP) is 2.12. The summed E-state index contributed by atoms with van der Waals surface area (Å²) in [6, 6.07) is 7.89. The zero-order valence-electron chi connectivity index (χ0n) is 10.2. The number of carboxylic acid groups (broad SMARTS) is 1. The number of pyridine rings is 1. The van der Waals surface area contributed by atoms with Gasteiger partial charge in [-0.15, -0.1) is 0 Å². The number of carboxylic acids is 1. The molecule has 7 heteroatoms. The molecule has 0 saturated carbocycles. The lowest BCUT2D eigenvalue weighted by molar-refractivity contribution is -0.201. The molecule has 20 heavy (non-hydrogen) atoms. The van der Waals surface area contributed by atoms with Crippen LogP contribution in [-0.4, -0.2) is 27.8 Å². The fourth-order valence-corrected chi connectivity index (χ4v) is 1.91. The van der Waals surface area contributed by atoms with E-state index in [1.165, 1.54) is 12.3 Å². The Hall–Kier alpha value is -2.15. The topological polar surface area (TPSA) is 76.2 Å². The Labute approximate surface area is 112 Å². The average molecular weight is 284 g/mol. The molecule has 0 fully saturated rings. The Kier molecular flexibility index (Phi) is 3.39. The van der Waals surface area contributed by atoms with Crippen LogP contribution < -0.4 is 5.73 Å². The molecule has 0 bridgehead atoms. The molecule has 2 aromatic rings. The second kappa shape index (κ2) is 4.75. The summed E-state index contributed by atoms with van der Waals surface area (Å²) < 4.78 is 38.8. The van der Waals surface area contributed by atoms with Crippen molar-refractivity contribution in [2.45, 2.75) is 18.1 Å². The minimum absolute atomic E-state index is 0.192. The second-order valence-corrected chi connectivity index (χ2v) is 4.44. The number of nitrogens with zero attached hydrogens (tertiary/aromatic N) is 1. The lowest BCUT2D eigenvalue weighted by Gasteiger charge is -2.27. The fraction of sp³-hybridized carbons (Fsp3) is 0.231. The molecular weight excluding hydrogens is 273 g/mol. The first-order valence-electron chi connectivity index (χ1n) is 5.67.